The second-order valence-electron chi connectivity index (χ2n) is 5.73. The molecular weight excluding hydrogens is 265 g/mol. The molecule has 0 aliphatic heterocycles. The zero-order chi connectivity index (χ0) is 12.5. The van der Waals surface area contributed by atoms with Crippen LogP contribution in [0.5, 0.6) is 0 Å². The zero-order valence-corrected chi connectivity index (χ0v) is 12.0. The summed E-state index contributed by atoms with van der Waals surface area (Å²) in [6.07, 6.45) is 8.33. The molecule has 1 N–H and O–H groups in total. The largest absolute Gasteiger partial charge is 0.382 e. The van der Waals surface area contributed by atoms with Crippen LogP contribution < -0.4 is 5.32 Å². The van der Waals surface area contributed by atoms with Gasteiger partial charge in [0.2, 0.25) is 0 Å². The van der Waals surface area contributed by atoms with Crippen molar-refractivity contribution in [3.63, 3.8) is 0 Å². The molecule has 2 unspecified atom stereocenters. The first-order valence-electron chi connectivity index (χ1n) is 6.94. The molecule has 1 aromatic carbocycles. The Morgan fingerprint density at radius 3 is 2.50 bits per heavy atom. The third-order valence-electron chi connectivity index (χ3n) is 4.29. The molecule has 0 aromatic heterocycles. The number of nitrogens with one attached hydrogen (secondary N) is 1. The van der Waals surface area contributed by atoms with Gasteiger partial charge in [-0.2, -0.15) is 0 Å². The van der Waals surface area contributed by atoms with Gasteiger partial charge in [0.05, 0.1) is 10.0 Å². The van der Waals surface area contributed by atoms with E-state index in [1.54, 1.807) is 0 Å². The second-order valence-corrected chi connectivity index (χ2v) is 6.55. The van der Waals surface area contributed by atoms with Gasteiger partial charge in [0, 0.05) is 11.7 Å². The summed E-state index contributed by atoms with van der Waals surface area (Å²) in [6.45, 7) is 0. The summed E-state index contributed by atoms with van der Waals surface area (Å²) in [5.74, 6) is 1.99. The Kier molecular flexibility index (Phi) is 3.72. The molecule has 3 rings (SSSR count). The maximum Gasteiger partial charge on any atom is 0.0612 e. The van der Waals surface area contributed by atoms with Crippen LogP contribution in [0.15, 0.2) is 18.2 Å². The minimum atomic E-state index is 0.613. The van der Waals surface area contributed by atoms with Crippen LogP contribution >= 0.6 is 23.2 Å². The molecule has 2 atom stereocenters. The third-order valence-corrected chi connectivity index (χ3v) is 5.03. The van der Waals surface area contributed by atoms with Crippen molar-refractivity contribution < 1.29 is 0 Å². The van der Waals surface area contributed by atoms with Crippen molar-refractivity contribution in [2.75, 3.05) is 5.32 Å². The predicted molar refractivity (Wildman–Crippen MR) is 78.6 cm³/mol. The normalized spacial score (nSPS) is 28.1. The lowest BCUT2D eigenvalue weighted by Crippen LogP contribution is -2.28. The molecule has 2 fully saturated rings. The summed E-state index contributed by atoms with van der Waals surface area (Å²) < 4.78 is 0. The highest BCUT2D eigenvalue weighted by Gasteiger charge is 2.34. The van der Waals surface area contributed by atoms with Crippen LogP contribution in [-0.2, 0) is 0 Å². The molecule has 0 spiro atoms. The number of hydrogen-bond donors (Lipinski definition) is 1. The van der Waals surface area contributed by atoms with Crippen LogP contribution in [0.4, 0.5) is 5.69 Å². The van der Waals surface area contributed by atoms with E-state index >= 15 is 0 Å². The standard InChI is InChI=1S/C15H19Cl2N/c16-14-7-6-13(9-15(14)17)18-12-3-1-2-11(8-12)10-4-5-10/h6-7,9-12,18H,1-5,8H2. The average molecular weight is 284 g/mol. The number of anilines is 1. The van der Waals surface area contributed by atoms with Crippen LogP contribution in [0.2, 0.25) is 10.0 Å². The van der Waals surface area contributed by atoms with Crippen LogP contribution in [0.1, 0.15) is 38.5 Å². The summed E-state index contributed by atoms with van der Waals surface area (Å²) >= 11 is 12.0. The van der Waals surface area contributed by atoms with Crippen molar-refractivity contribution >= 4 is 28.9 Å². The van der Waals surface area contributed by atoms with E-state index < -0.39 is 0 Å². The Bertz CT molecular complexity index is 429. The minimum Gasteiger partial charge on any atom is -0.382 e. The number of benzene rings is 1. The lowest BCUT2D eigenvalue weighted by atomic mass is 9.82. The highest BCUT2D eigenvalue weighted by atomic mass is 35.5. The topological polar surface area (TPSA) is 12.0 Å². The molecule has 18 heavy (non-hydrogen) atoms. The first-order valence-corrected chi connectivity index (χ1v) is 7.69. The highest BCUT2D eigenvalue weighted by Crippen LogP contribution is 2.44. The molecule has 0 radical (unpaired) electrons. The van der Waals surface area contributed by atoms with Crippen molar-refractivity contribution in [1.82, 2.24) is 0 Å². The van der Waals surface area contributed by atoms with Gasteiger partial charge < -0.3 is 5.32 Å². The van der Waals surface area contributed by atoms with Gasteiger partial charge in [-0.15, -0.1) is 0 Å². The van der Waals surface area contributed by atoms with Crippen molar-refractivity contribution in [2.45, 2.75) is 44.6 Å². The van der Waals surface area contributed by atoms with Gasteiger partial charge in [0.25, 0.3) is 0 Å². The Morgan fingerprint density at radius 2 is 1.78 bits per heavy atom. The number of hydrogen-bond acceptors (Lipinski definition) is 1. The lowest BCUT2D eigenvalue weighted by Gasteiger charge is -2.30. The monoisotopic (exact) mass is 283 g/mol. The van der Waals surface area contributed by atoms with E-state index in [1.165, 1.54) is 38.5 Å². The van der Waals surface area contributed by atoms with Gasteiger partial charge in [0.15, 0.2) is 0 Å². The van der Waals surface area contributed by atoms with E-state index in [0.29, 0.717) is 16.1 Å². The molecule has 0 heterocycles. The lowest BCUT2D eigenvalue weighted by molar-refractivity contribution is 0.303. The summed E-state index contributed by atoms with van der Waals surface area (Å²) in [6, 6.07) is 6.44. The van der Waals surface area contributed by atoms with Crippen molar-refractivity contribution in [2.24, 2.45) is 11.8 Å². The van der Waals surface area contributed by atoms with Crippen LogP contribution in [-0.4, -0.2) is 6.04 Å². The fraction of sp³-hybridized carbons (Fsp3) is 0.600. The average Bonchev–Trinajstić information content (AvgIpc) is 3.18. The van der Waals surface area contributed by atoms with Gasteiger partial charge in [-0.3, -0.25) is 0 Å². The molecule has 1 nitrogen and oxygen atoms in total. The van der Waals surface area contributed by atoms with Gasteiger partial charge >= 0.3 is 0 Å². The zero-order valence-electron chi connectivity index (χ0n) is 10.5. The summed E-state index contributed by atoms with van der Waals surface area (Å²) in [7, 11) is 0. The third kappa shape index (κ3) is 2.95. The molecule has 0 saturated heterocycles. The van der Waals surface area contributed by atoms with Crippen LogP contribution in [0, 0.1) is 11.8 Å². The first-order chi connectivity index (χ1) is 8.72. The van der Waals surface area contributed by atoms with Crippen LogP contribution in [0.25, 0.3) is 0 Å². The van der Waals surface area contributed by atoms with Crippen molar-refractivity contribution in [3.8, 4) is 0 Å². The van der Waals surface area contributed by atoms with E-state index in [0.717, 1.165) is 17.5 Å². The maximum atomic E-state index is 6.05. The summed E-state index contributed by atoms with van der Waals surface area (Å²) in [4.78, 5) is 0. The molecule has 0 bridgehead atoms. The van der Waals surface area contributed by atoms with Gasteiger partial charge in [0.1, 0.15) is 0 Å². The van der Waals surface area contributed by atoms with Gasteiger partial charge in [-0.05, 0) is 55.7 Å². The molecule has 98 valence electrons. The Balaban J connectivity index is 1.62. The molecule has 2 aliphatic rings. The quantitative estimate of drug-likeness (QED) is 0.786. The van der Waals surface area contributed by atoms with Crippen LogP contribution in [0.3, 0.4) is 0 Å². The fourth-order valence-electron chi connectivity index (χ4n) is 3.18. The van der Waals surface area contributed by atoms with E-state index in [9.17, 15) is 0 Å². The molecule has 2 aliphatic carbocycles. The van der Waals surface area contributed by atoms with Gasteiger partial charge in [-0.25, -0.2) is 0 Å². The van der Waals surface area contributed by atoms with E-state index in [1.807, 2.05) is 18.2 Å². The molecular formula is C15H19Cl2N. The summed E-state index contributed by atoms with van der Waals surface area (Å²) in [5, 5.41) is 4.88. The predicted octanol–water partition coefficient (Wildman–Crippen LogP) is 5.37. The van der Waals surface area contributed by atoms with E-state index in [4.69, 9.17) is 23.2 Å². The van der Waals surface area contributed by atoms with Crippen molar-refractivity contribution in [3.05, 3.63) is 28.2 Å². The van der Waals surface area contributed by atoms with Crippen molar-refractivity contribution in [1.29, 1.82) is 0 Å². The molecule has 1 aromatic rings. The second kappa shape index (κ2) is 5.30. The summed E-state index contributed by atoms with van der Waals surface area (Å²) in [5.41, 5.74) is 1.10. The van der Waals surface area contributed by atoms with Gasteiger partial charge in [-0.1, -0.05) is 36.0 Å². The van der Waals surface area contributed by atoms with E-state index in [-0.39, 0.29) is 0 Å². The molecule has 0 amide bonds. The Morgan fingerprint density at radius 1 is 0.944 bits per heavy atom. The molecule has 3 heteroatoms. The SMILES string of the molecule is Clc1ccc(NC2CCCC(C3CC3)C2)cc1Cl. The number of halogens is 2. The van der Waals surface area contributed by atoms with E-state index in [2.05, 4.69) is 5.32 Å². The Hall–Kier alpha value is -0.400. The smallest absolute Gasteiger partial charge is 0.0612 e. The first kappa shape index (κ1) is 12.6. The fourth-order valence-corrected chi connectivity index (χ4v) is 3.47. The number of rotatable bonds is 3. The highest BCUT2D eigenvalue weighted by molar-refractivity contribution is 6.42. The molecule has 2 saturated carbocycles. The minimum absolute atomic E-state index is 0.613. The Labute approximate surface area is 119 Å². The maximum absolute atomic E-state index is 6.05.